The lowest BCUT2D eigenvalue weighted by molar-refractivity contribution is -0.385. The fourth-order valence-corrected chi connectivity index (χ4v) is 5.80. The van der Waals surface area contributed by atoms with Gasteiger partial charge in [-0.25, -0.2) is 5.01 Å². The van der Waals surface area contributed by atoms with Crippen LogP contribution in [0.4, 0.5) is 11.4 Å². The highest BCUT2D eigenvalue weighted by molar-refractivity contribution is 6.09. The van der Waals surface area contributed by atoms with Crippen LogP contribution in [0.15, 0.2) is 48.5 Å². The SMILES string of the molecule is O=C(c1ccccc1[N+](=O)[O-])N(Cc1ccccc1[N+](=O)[O-])N1C(=O)[C@@H]2[C@H]3CC[C@@H](C3)[C@@H]2C1=O. The van der Waals surface area contributed by atoms with E-state index in [2.05, 4.69) is 0 Å². The van der Waals surface area contributed by atoms with Crippen molar-refractivity contribution < 1.29 is 24.2 Å². The maximum absolute atomic E-state index is 13.6. The number of hydrogen-bond donors (Lipinski definition) is 0. The summed E-state index contributed by atoms with van der Waals surface area (Å²) >= 11 is 0. The Balaban J connectivity index is 1.59. The molecule has 5 rings (SSSR count). The maximum Gasteiger partial charge on any atom is 0.282 e. The molecule has 3 aliphatic rings. The summed E-state index contributed by atoms with van der Waals surface area (Å²) in [5.41, 5.74) is -0.992. The number of hydrogen-bond acceptors (Lipinski definition) is 7. The molecule has 11 heteroatoms. The number of benzene rings is 2. The van der Waals surface area contributed by atoms with E-state index in [1.165, 1.54) is 36.4 Å². The molecule has 34 heavy (non-hydrogen) atoms. The average molecular weight is 464 g/mol. The van der Waals surface area contributed by atoms with E-state index in [4.69, 9.17) is 0 Å². The van der Waals surface area contributed by atoms with Crippen molar-refractivity contribution in [3.63, 3.8) is 0 Å². The Hall–Kier alpha value is -4.15. The van der Waals surface area contributed by atoms with Crippen LogP contribution >= 0.6 is 0 Å². The first-order valence-electron chi connectivity index (χ1n) is 10.9. The van der Waals surface area contributed by atoms with Crippen LogP contribution in [0, 0.1) is 43.9 Å². The molecule has 2 aromatic rings. The Kier molecular flexibility index (Phi) is 5.11. The van der Waals surface area contributed by atoms with Crippen molar-refractivity contribution in [1.29, 1.82) is 0 Å². The minimum Gasteiger partial charge on any atom is -0.272 e. The van der Waals surface area contributed by atoms with Crippen molar-refractivity contribution in [1.82, 2.24) is 10.0 Å². The van der Waals surface area contributed by atoms with Gasteiger partial charge in [-0.3, -0.25) is 34.6 Å². The van der Waals surface area contributed by atoms with Gasteiger partial charge in [-0.15, -0.1) is 0 Å². The number of para-hydroxylation sites is 2. The van der Waals surface area contributed by atoms with Crippen LogP contribution in [-0.2, 0) is 16.1 Å². The van der Waals surface area contributed by atoms with Gasteiger partial charge in [-0.05, 0) is 37.2 Å². The predicted molar refractivity (Wildman–Crippen MR) is 116 cm³/mol. The monoisotopic (exact) mass is 464 g/mol. The number of nitro benzene ring substituents is 2. The number of rotatable bonds is 6. The highest BCUT2D eigenvalue weighted by atomic mass is 16.6. The van der Waals surface area contributed by atoms with E-state index in [9.17, 15) is 34.6 Å². The van der Waals surface area contributed by atoms with E-state index < -0.39 is 51.6 Å². The van der Waals surface area contributed by atoms with Crippen LogP contribution in [0.25, 0.3) is 0 Å². The molecule has 2 bridgehead atoms. The zero-order valence-electron chi connectivity index (χ0n) is 17.9. The van der Waals surface area contributed by atoms with Crippen molar-refractivity contribution in [2.45, 2.75) is 25.8 Å². The fourth-order valence-electron chi connectivity index (χ4n) is 5.80. The van der Waals surface area contributed by atoms with Gasteiger partial charge in [0.1, 0.15) is 5.56 Å². The normalized spacial score (nSPS) is 24.9. The van der Waals surface area contributed by atoms with E-state index in [0.717, 1.165) is 35.3 Å². The molecule has 2 saturated carbocycles. The summed E-state index contributed by atoms with van der Waals surface area (Å²) in [5.74, 6) is -2.92. The number of fused-ring (bicyclic) bond motifs is 5. The van der Waals surface area contributed by atoms with E-state index >= 15 is 0 Å². The third-order valence-electron chi connectivity index (χ3n) is 7.22. The molecule has 4 atom stereocenters. The average Bonchev–Trinajstić information content (AvgIpc) is 3.51. The van der Waals surface area contributed by atoms with Crippen LogP contribution in [0.5, 0.6) is 0 Å². The van der Waals surface area contributed by atoms with Gasteiger partial charge in [0, 0.05) is 12.1 Å². The molecular weight excluding hydrogens is 444 g/mol. The molecule has 3 amide bonds. The highest BCUT2D eigenvalue weighted by Gasteiger charge is 2.62. The van der Waals surface area contributed by atoms with E-state index in [-0.39, 0.29) is 28.7 Å². The maximum atomic E-state index is 13.6. The van der Waals surface area contributed by atoms with E-state index in [0.29, 0.717) is 0 Å². The third kappa shape index (κ3) is 3.23. The van der Waals surface area contributed by atoms with Crippen molar-refractivity contribution in [3.8, 4) is 0 Å². The number of amides is 3. The molecule has 0 unspecified atom stereocenters. The minimum absolute atomic E-state index is 0.0607. The molecule has 2 aromatic carbocycles. The van der Waals surface area contributed by atoms with E-state index in [1.807, 2.05) is 0 Å². The van der Waals surface area contributed by atoms with Crippen LogP contribution in [-0.4, -0.2) is 37.6 Å². The summed E-state index contributed by atoms with van der Waals surface area (Å²) in [6.07, 6.45) is 2.46. The smallest absolute Gasteiger partial charge is 0.272 e. The lowest BCUT2D eigenvalue weighted by Gasteiger charge is -2.31. The van der Waals surface area contributed by atoms with Gasteiger partial charge in [-0.2, -0.15) is 5.01 Å². The standard InChI is InChI=1S/C23H20N4O7/c28-21(16-6-2-4-8-18(16)27(33)34)24(12-15-5-1-3-7-17(15)26(31)32)25-22(29)19-13-9-10-14(11-13)20(19)23(25)30/h1-8,13-14,19-20H,9-12H2/t13-,14-,19-,20+/m0/s1. The molecule has 3 fully saturated rings. The fraction of sp³-hybridized carbons (Fsp3) is 0.348. The molecule has 0 N–H and O–H groups in total. The quantitative estimate of drug-likeness (QED) is 0.363. The molecule has 0 aromatic heterocycles. The van der Waals surface area contributed by atoms with Gasteiger partial charge in [0.2, 0.25) is 0 Å². The number of imide groups is 1. The third-order valence-corrected chi connectivity index (χ3v) is 7.22. The minimum atomic E-state index is -0.945. The Bertz CT molecular complexity index is 1220. The lowest BCUT2D eigenvalue weighted by atomic mass is 9.81. The zero-order valence-corrected chi connectivity index (χ0v) is 17.9. The molecule has 1 heterocycles. The van der Waals surface area contributed by atoms with Crippen LogP contribution in [0.1, 0.15) is 35.2 Å². The summed E-state index contributed by atoms with van der Waals surface area (Å²) in [7, 11) is 0. The first-order valence-corrected chi connectivity index (χ1v) is 10.9. The van der Waals surface area contributed by atoms with Gasteiger partial charge >= 0.3 is 0 Å². The largest absolute Gasteiger partial charge is 0.282 e. The molecule has 1 aliphatic heterocycles. The first kappa shape index (κ1) is 21.7. The molecule has 174 valence electrons. The topological polar surface area (TPSA) is 144 Å². The second-order valence-corrected chi connectivity index (χ2v) is 8.90. The van der Waals surface area contributed by atoms with E-state index in [1.54, 1.807) is 6.07 Å². The molecular formula is C23H20N4O7. The summed E-state index contributed by atoms with van der Waals surface area (Å²) in [4.78, 5) is 62.3. The second kappa shape index (κ2) is 8.01. The zero-order chi connectivity index (χ0) is 24.1. The highest BCUT2D eigenvalue weighted by Crippen LogP contribution is 2.56. The van der Waals surface area contributed by atoms with Crippen LogP contribution in [0.2, 0.25) is 0 Å². The van der Waals surface area contributed by atoms with Gasteiger partial charge in [0.15, 0.2) is 0 Å². The molecule has 0 radical (unpaired) electrons. The number of carbonyl (C=O) groups excluding carboxylic acids is 3. The molecule has 2 aliphatic carbocycles. The molecule has 1 saturated heterocycles. The number of nitro groups is 2. The van der Waals surface area contributed by atoms with Crippen LogP contribution in [0.3, 0.4) is 0 Å². The second-order valence-electron chi connectivity index (χ2n) is 8.90. The number of carbonyl (C=O) groups is 3. The van der Waals surface area contributed by atoms with Gasteiger partial charge in [0.25, 0.3) is 29.1 Å². The Morgan fingerprint density at radius 3 is 2.00 bits per heavy atom. The van der Waals surface area contributed by atoms with Crippen LogP contribution < -0.4 is 0 Å². The Morgan fingerprint density at radius 1 is 0.882 bits per heavy atom. The molecule has 11 nitrogen and oxygen atoms in total. The predicted octanol–water partition coefficient (Wildman–Crippen LogP) is 3.09. The summed E-state index contributed by atoms with van der Waals surface area (Å²) in [5, 5.41) is 24.7. The van der Waals surface area contributed by atoms with Gasteiger partial charge in [0.05, 0.1) is 33.8 Å². The number of nitrogens with zero attached hydrogens (tertiary/aromatic N) is 4. The Morgan fingerprint density at radius 2 is 1.41 bits per heavy atom. The van der Waals surface area contributed by atoms with Crippen molar-refractivity contribution in [2.75, 3.05) is 0 Å². The number of hydrazine groups is 1. The van der Waals surface area contributed by atoms with Gasteiger partial charge in [-0.1, -0.05) is 30.3 Å². The van der Waals surface area contributed by atoms with Gasteiger partial charge < -0.3 is 0 Å². The summed E-state index contributed by atoms with van der Waals surface area (Å²) in [6.45, 7) is -0.464. The van der Waals surface area contributed by atoms with Crippen molar-refractivity contribution in [2.24, 2.45) is 23.7 Å². The van der Waals surface area contributed by atoms with Crippen molar-refractivity contribution >= 4 is 29.1 Å². The van der Waals surface area contributed by atoms with Crippen molar-refractivity contribution in [3.05, 3.63) is 79.9 Å². The summed E-state index contributed by atoms with van der Waals surface area (Å²) < 4.78 is 0. The Labute approximate surface area is 193 Å². The lowest BCUT2D eigenvalue weighted by Crippen LogP contribution is -2.50. The first-order chi connectivity index (χ1) is 16.3. The molecule has 0 spiro atoms. The summed E-state index contributed by atoms with van der Waals surface area (Å²) in [6, 6.07) is 10.9.